The molecule has 0 spiro atoms. The van der Waals surface area contributed by atoms with Crippen molar-refractivity contribution in [3.63, 3.8) is 0 Å². The fourth-order valence-electron chi connectivity index (χ4n) is 2.11. The number of aryl methyl sites for hydroxylation is 1. The van der Waals surface area contributed by atoms with Crippen LogP contribution in [0.25, 0.3) is 10.1 Å². The van der Waals surface area contributed by atoms with Crippen LogP contribution in [-0.2, 0) is 0 Å². The van der Waals surface area contributed by atoms with E-state index in [0.29, 0.717) is 10.6 Å². The third-order valence-electron chi connectivity index (χ3n) is 3.19. The Balaban J connectivity index is 1.94. The lowest BCUT2D eigenvalue weighted by Crippen LogP contribution is -2.11. The molecule has 2 aromatic carbocycles. The second kappa shape index (κ2) is 5.50. The van der Waals surface area contributed by atoms with Crippen molar-refractivity contribution in [2.45, 2.75) is 6.92 Å². The summed E-state index contributed by atoms with van der Waals surface area (Å²) < 4.78 is 2.01. The topological polar surface area (TPSA) is 55.1 Å². The second-order valence-corrected chi connectivity index (χ2v) is 6.77. The summed E-state index contributed by atoms with van der Waals surface area (Å²) in [4.78, 5) is 12.9. The normalized spacial score (nSPS) is 10.8. The smallest absolute Gasteiger partial charge is 0.267 e. The summed E-state index contributed by atoms with van der Waals surface area (Å²) in [6.45, 7) is 2.02. The first kappa shape index (κ1) is 14.1. The Hall–Kier alpha value is -1.85. The molecular formula is C16H13BrN2OS. The number of nitrogens with two attached hydrogens (primary N) is 1. The van der Waals surface area contributed by atoms with Gasteiger partial charge in [0.15, 0.2) is 0 Å². The van der Waals surface area contributed by atoms with Crippen LogP contribution in [0.3, 0.4) is 0 Å². The average molecular weight is 361 g/mol. The molecule has 1 aromatic heterocycles. The first-order valence-corrected chi connectivity index (χ1v) is 8.01. The molecule has 21 heavy (non-hydrogen) atoms. The molecule has 1 amide bonds. The van der Waals surface area contributed by atoms with Crippen LogP contribution in [-0.4, -0.2) is 5.91 Å². The molecule has 5 heteroatoms. The molecule has 0 fully saturated rings. The minimum atomic E-state index is -0.173. The number of thiophene rings is 1. The van der Waals surface area contributed by atoms with Gasteiger partial charge in [-0.25, -0.2) is 0 Å². The number of hydrogen-bond donors (Lipinski definition) is 2. The Morgan fingerprint density at radius 3 is 2.62 bits per heavy atom. The van der Waals surface area contributed by atoms with Gasteiger partial charge in [-0.3, -0.25) is 4.79 Å². The fraction of sp³-hybridized carbons (Fsp3) is 0.0625. The molecular weight excluding hydrogens is 348 g/mol. The molecule has 0 aliphatic heterocycles. The highest BCUT2D eigenvalue weighted by Crippen LogP contribution is 2.34. The summed E-state index contributed by atoms with van der Waals surface area (Å²) in [5, 5.41) is 3.81. The van der Waals surface area contributed by atoms with Gasteiger partial charge in [-0.2, -0.15) is 0 Å². The molecule has 0 saturated heterocycles. The molecule has 106 valence electrons. The van der Waals surface area contributed by atoms with Gasteiger partial charge in [0.1, 0.15) is 4.88 Å². The number of nitrogen functional groups attached to an aromatic ring is 1. The van der Waals surface area contributed by atoms with E-state index in [0.717, 1.165) is 25.8 Å². The zero-order chi connectivity index (χ0) is 15.0. The molecule has 0 unspecified atom stereocenters. The van der Waals surface area contributed by atoms with Gasteiger partial charge in [0, 0.05) is 20.2 Å². The van der Waals surface area contributed by atoms with Crippen LogP contribution >= 0.6 is 27.3 Å². The highest BCUT2D eigenvalue weighted by Gasteiger charge is 2.16. The molecule has 0 aliphatic carbocycles. The van der Waals surface area contributed by atoms with Crippen molar-refractivity contribution in [1.82, 2.24) is 0 Å². The van der Waals surface area contributed by atoms with Gasteiger partial charge < -0.3 is 11.1 Å². The highest BCUT2D eigenvalue weighted by molar-refractivity contribution is 9.10. The van der Waals surface area contributed by atoms with Crippen LogP contribution in [0.2, 0.25) is 0 Å². The lowest BCUT2D eigenvalue weighted by molar-refractivity contribution is 0.103. The van der Waals surface area contributed by atoms with Crippen molar-refractivity contribution >= 4 is 54.6 Å². The summed E-state index contributed by atoms with van der Waals surface area (Å²) in [7, 11) is 0. The van der Waals surface area contributed by atoms with Gasteiger partial charge in [0.05, 0.1) is 5.69 Å². The van der Waals surface area contributed by atoms with Gasteiger partial charge in [0.2, 0.25) is 0 Å². The number of nitrogens with one attached hydrogen (secondary N) is 1. The van der Waals surface area contributed by atoms with Crippen molar-refractivity contribution in [2.75, 3.05) is 11.1 Å². The van der Waals surface area contributed by atoms with E-state index in [9.17, 15) is 4.79 Å². The van der Waals surface area contributed by atoms with Gasteiger partial charge in [-0.1, -0.05) is 28.1 Å². The van der Waals surface area contributed by atoms with E-state index in [4.69, 9.17) is 5.73 Å². The number of carbonyl (C=O) groups excluding carboxylic acids is 1. The summed E-state index contributed by atoms with van der Waals surface area (Å²) in [5.74, 6) is -0.173. The Kier molecular flexibility index (Phi) is 3.69. The molecule has 3 rings (SSSR count). The number of fused-ring (bicyclic) bond motifs is 1. The maximum Gasteiger partial charge on any atom is 0.267 e. The monoisotopic (exact) mass is 360 g/mol. The van der Waals surface area contributed by atoms with Crippen molar-refractivity contribution in [3.05, 3.63) is 57.4 Å². The van der Waals surface area contributed by atoms with Crippen LogP contribution in [0.5, 0.6) is 0 Å². The van der Waals surface area contributed by atoms with Crippen LogP contribution in [0, 0.1) is 6.92 Å². The fourth-order valence-corrected chi connectivity index (χ4v) is 3.49. The molecule has 0 saturated carbocycles. The van der Waals surface area contributed by atoms with Crippen LogP contribution in [0.1, 0.15) is 15.2 Å². The molecule has 0 aliphatic rings. The summed E-state index contributed by atoms with van der Waals surface area (Å²) in [6, 6.07) is 13.5. The first-order valence-electron chi connectivity index (χ1n) is 6.40. The van der Waals surface area contributed by atoms with E-state index in [2.05, 4.69) is 21.2 Å². The summed E-state index contributed by atoms with van der Waals surface area (Å²) in [5.41, 5.74) is 8.56. The minimum absolute atomic E-state index is 0.173. The predicted octanol–water partition coefficient (Wildman–Crippen LogP) is 4.81. The van der Waals surface area contributed by atoms with Gasteiger partial charge in [-0.15, -0.1) is 11.3 Å². The lowest BCUT2D eigenvalue weighted by Gasteiger charge is -2.04. The lowest BCUT2D eigenvalue weighted by atomic mass is 10.1. The largest absolute Gasteiger partial charge is 0.397 e. The Morgan fingerprint density at radius 1 is 1.19 bits per heavy atom. The second-order valence-electron chi connectivity index (χ2n) is 4.81. The van der Waals surface area contributed by atoms with Crippen molar-refractivity contribution < 1.29 is 4.79 Å². The van der Waals surface area contributed by atoms with Crippen molar-refractivity contribution in [1.29, 1.82) is 0 Å². The maximum atomic E-state index is 12.4. The van der Waals surface area contributed by atoms with Gasteiger partial charge in [-0.05, 0) is 42.8 Å². The number of carbonyl (C=O) groups is 1. The van der Waals surface area contributed by atoms with Crippen LogP contribution in [0.4, 0.5) is 11.4 Å². The van der Waals surface area contributed by atoms with Crippen molar-refractivity contribution in [2.24, 2.45) is 0 Å². The van der Waals surface area contributed by atoms with Crippen LogP contribution in [0.15, 0.2) is 46.9 Å². The third kappa shape index (κ3) is 2.80. The SMILES string of the molecule is Cc1ccc2c(N)c(C(=O)Nc3ccc(Br)cc3)sc2c1. The van der Waals surface area contributed by atoms with Gasteiger partial charge in [0.25, 0.3) is 5.91 Å². The molecule has 3 N–H and O–H groups in total. The predicted molar refractivity (Wildman–Crippen MR) is 93.1 cm³/mol. The summed E-state index contributed by atoms with van der Waals surface area (Å²) >= 11 is 4.79. The van der Waals surface area contributed by atoms with Crippen LogP contribution < -0.4 is 11.1 Å². The number of hydrogen-bond acceptors (Lipinski definition) is 3. The van der Waals surface area contributed by atoms with E-state index in [-0.39, 0.29) is 5.91 Å². The quantitative estimate of drug-likeness (QED) is 0.688. The molecule has 0 bridgehead atoms. The van der Waals surface area contributed by atoms with E-state index in [1.165, 1.54) is 11.3 Å². The number of halogens is 1. The van der Waals surface area contributed by atoms with E-state index in [1.807, 2.05) is 49.4 Å². The zero-order valence-electron chi connectivity index (χ0n) is 11.3. The zero-order valence-corrected chi connectivity index (χ0v) is 13.7. The van der Waals surface area contributed by atoms with E-state index < -0.39 is 0 Å². The number of amides is 1. The molecule has 1 heterocycles. The molecule has 0 atom stereocenters. The summed E-state index contributed by atoms with van der Waals surface area (Å²) in [6.07, 6.45) is 0. The van der Waals surface area contributed by atoms with E-state index in [1.54, 1.807) is 0 Å². The standard InChI is InChI=1S/C16H13BrN2OS/c1-9-2-7-12-13(8-9)21-15(14(12)18)16(20)19-11-5-3-10(17)4-6-11/h2-8H,18H2,1H3,(H,19,20). The minimum Gasteiger partial charge on any atom is -0.397 e. The third-order valence-corrected chi connectivity index (χ3v) is 4.89. The van der Waals surface area contributed by atoms with Crippen molar-refractivity contribution in [3.8, 4) is 0 Å². The first-order chi connectivity index (χ1) is 10.0. The van der Waals surface area contributed by atoms with Gasteiger partial charge >= 0.3 is 0 Å². The number of rotatable bonds is 2. The van der Waals surface area contributed by atoms with E-state index >= 15 is 0 Å². The Labute approximate surface area is 134 Å². The molecule has 0 radical (unpaired) electrons. The number of benzene rings is 2. The molecule has 3 nitrogen and oxygen atoms in total. The Bertz CT molecular complexity index is 824. The maximum absolute atomic E-state index is 12.4. The average Bonchev–Trinajstić information content (AvgIpc) is 2.78. The Morgan fingerprint density at radius 2 is 1.90 bits per heavy atom. The number of anilines is 2. The molecule has 3 aromatic rings. The highest BCUT2D eigenvalue weighted by atomic mass is 79.9.